The van der Waals surface area contributed by atoms with Gasteiger partial charge in [-0.1, -0.05) is 56.5 Å². The largest absolute Gasteiger partial charge is 0.445 e. The molecule has 5 nitrogen and oxygen atoms in total. The summed E-state index contributed by atoms with van der Waals surface area (Å²) >= 11 is 0. The maximum absolute atomic E-state index is 12.6. The van der Waals surface area contributed by atoms with Crippen molar-refractivity contribution in [3.8, 4) is 0 Å². The molecule has 0 radical (unpaired) electrons. The molecular weight excluding hydrogens is 302 g/mol. The molecule has 5 heteroatoms. The molecule has 1 aromatic carbocycles. The average Bonchev–Trinajstić information content (AvgIpc) is 3.11. The normalized spacial score (nSPS) is 19.8. The van der Waals surface area contributed by atoms with Gasteiger partial charge in [0, 0.05) is 12.7 Å². The van der Waals surface area contributed by atoms with Crippen molar-refractivity contribution in [1.82, 2.24) is 14.9 Å². The molecule has 1 aromatic heterocycles. The van der Waals surface area contributed by atoms with Crippen LogP contribution in [0.4, 0.5) is 4.79 Å². The van der Waals surface area contributed by atoms with E-state index < -0.39 is 0 Å². The Morgan fingerprint density at radius 2 is 2.17 bits per heavy atom. The van der Waals surface area contributed by atoms with Crippen LogP contribution in [0.1, 0.15) is 50.3 Å². The number of nitrogens with zero attached hydrogens (tertiary/aromatic N) is 2. The molecule has 3 rings (SSSR count). The topological polar surface area (TPSA) is 58.2 Å². The second-order valence-corrected chi connectivity index (χ2v) is 6.38. The molecule has 24 heavy (non-hydrogen) atoms. The number of carbonyl (C=O) groups excluding carboxylic acids is 1. The van der Waals surface area contributed by atoms with E-state index in [0.717, 1.165) is 43.5 Å². The SMILES string of the molecule is CCCCCC1(c2c[nH]cn2)CCN1C(=O)OCc1ccccc1. The molecular formula is C19H25N3O2. The summed E-state index contributed by atoms with van der Waals surface area (Å²) in [6, 6.07) is 9.78. The third-order valence-electron chi connectivity index (χ3n) is 4.86. The lowest BCUT2D eigenvalue weighted by Crippen LogP contribution is -2.60. The summed E-state index contributed by atoms with van der Waals surface area (Å²) in [5, 5.41) is 0. The van der Waals surface area contributed by atoms with Crippen molar-refractivity contribution in [1.29, 1.82) is 0 Å². The fraction of sp³-hybridized carbons (Fsp3) is 0.474. The minimum absolute atomic E-state index is 0.246. The van der Waals surface area contributed by atoms with E-state index in [9.17, 15) is 4.79 Å². The lowest BCUT2D eigenvalue weighted by molar-refractivity contribution is -0.0296. The molecule has 1 amide bonds. The molecule has 128 valence electrons. The van der Waals surface area contributed by atoms with Gasteiger partial charge >= 0.3 is 6.09 Å². The van der Waals surface area contributed by atoms with Gasteiger partial charge in [-0.2, -0.15) is 0 Å². The zero-order chi connectivity index (χ0) is 16.8. The molecule has 0 aliphatic carbocycles. The minimum atomic E-state index is -0.303. The standard InChI is InChI=1S/C19H25N3O2/c1-2-3-7-10-19(17-13-20-15-21-17)11-12-22(19)18(23)24-14-16-8-5-4-6-9-16/h4-6,8-9,13,15H,2-3,7,10-12,14H2,1H3,(H,20,21). The van der Waals surface area contributed by atoms with Crippen LogP contribution >= 0.6 is 0 Å². The molecule has 1 fully saturated rings. The number of unbranched alkanes of at least 4 members (excludes halogenated alkanes) is 2. The van der Waals surface area contributed by atoms with Crippen molar-refractivity contribution in [2.45, 2.75) is 51.2 Å². The summed E-state index contributed by atoms with van der Waals surface area (Å²) in [5.74, 6) is 0. The Morgan fingerprint density at radius 1 is 1.33 bits per heavy atom. The average molecular weight is 327 g/mol. The van der Waals surface area contributed by atoms with Gasteiger partial charge in [0.2, 0.25) is 0 Å². The van der Waals surface area contributed by atoms with Crippen LogP contribution in [0.25, 0.3) is 0 Å². The highest BCUT2D eigenvalue weighted by atomic mass is 16.6. The van der Waals surface area contributed by atoms with Crippen LogP contribution in [0.15, 0.2) is 42.9 Å². The van der Waals surface area contributed by atoms with Crippen molar-refractivity contribution in [3.63, 3.8) is 0 Å². The van der Waals surface area contributed by atoms with E-state index in [4.69, 9.17) is 4.74 Å². The Bertz CT molecular complexity index is 642. The van der Waals surface area contributed by atoms with E-state index in [1.807, 2.05) is 41.4 Å². The first-order valence-corrected chi connectivity index (χ1v) is 8.74. The number of carbonyl (C=O) groups is 1. The van der Waals surface area contributed by atoms with Crippen molar-refractivity contribution < 1.29 is 9.53 Å². The molecule has 2 aromatic rings. The fourth-order valence-electron chi connectivity index (χ4n) is 3.39. The monoisotopic (exact) mass is 327 g/mol. The Labute approximate surface area is 143 Å². The number of hydrogen-bond acceptors (Lipinski definition) is 3. The first-order chi connectivity index (χ1) is 11.8. The van der Waals surface area contributed by atoms with Crippen molar-refractivity contribution in [3.05, 3.63) is 54.1 Å². The van der Waals surface area contributed by atoms with Crippen LogP contribution in [0, 0.1) is 0 Å². The third kappa shape index (κ3) is 3.30. The molecule has 2 heterocycles. The molecule has 1 unspecified atom stereocenters. The van der Waals surface area contributed by atoms with Gasteiger partial charge in [-0.15, -0.1) is 0 Å². The lowest BCUT2D eigenvalue weighted by atomic mass is 9.78. The van der Waals surface area contributed by atoms with Crippen LogP contribution in [-0.4, -0.2) is 27.5 Å². The van der Waals surface area contributed by atoms with E-state index in [1.165, 1.54) is 6.42 Å². The van der Waals surface area contributed by atoms with Crippen molar-refractivity contribution in [2.75, 3.05) is 6.54 Å². The Balaban J connectivity index is 1.67. The number of imidazole rings is 1. The summed E-state index contributed by atoms with van der Waals surface area (Å²) in [7, 11) is 0. The highest BCUT2D eigenvalue weighted by Crippen LogP contribution is 2.44. The number of aromatic nitrogens is 2. The van der Waals surface area contributed by atoms with E-state index in [1.54, 1.807) is 6.33 Å². The number of aromatic amines is 1. The maximum atomic E-state index is 12.6. The summed E-state index contributed by atoms with van der Waals surface area (Å²) in [4.78, 5) is 21.9. The van der Waals surface area contributed by atoms with Gasteiger partial charge < -0.3 is 9.72 Å². The molecule has 0 bridgehead atoms. The summed E-state index contributed by atoms with van der Waals surface area (Å²) < 4.78 is 5.54. The van der Waals surface area contributed by atoms with Gasteiger partial charge in [0.1, 0.15) is 6.61 Å². The van der Waals surface area contributed by atoms with Gasteiger partial charge in [0.25, 0.3) is 0 Å². The number of nitrogens with one attached hydrogen (secondary N) is 1. The highest BCUT2D eigenvalue weighted by Gasteiger charge is 2.50. The maximum Gasteiger partial charge on any atom is 0.410 e. The number of H-pyrrole nitrogens is 1. The lowest BCUT2D eigenvalue weighted by Gasteiger charge is -2.51. The van der Waals surface area contributed by atoms with Gasteiger partial charge in [-0.25, -0.2) is 9.78 Å². The third-order valence-corrected chi connectivity index (χ3v) is 4.86. The summed E-state index contributed by atoms with van der Waals surface area (Å²) in [6.07, 6.45) is 8.64. The van der Waals surface area contributed by atoms with Gasteiger partial charge in [-0.3, -0.25) is 4.90 Å². The van der Waals surface area contributed by atoms with E-state index in [-0.39, 0.29) is 11.6 Å². The van der Waals surface area contributed by atoms with Crippen LogP contribution in [0.3, 0.4) is 0 Å². The number of hydrogen-bond donors (Lipinski definition) is 1. The predicted molar refractivity (Wildman–Crippen MR) is 92.4 cm³/mol. The van der Waals surface area contributed by atoms with Gasteiger partial charge in [0.05, 0.1) is 17.6 Å². The Morgan fingerprint density at radius 3 is 2.79 bits per heavy atom. The molecule has 1 aliphatic heterocycles. The van der Waals surface area contributed by atoms with Crippen LogP contribution in [0.2, 0.25) is 0 Å². The van der Waals surface area contributed by atoms with Gasteiger partial charge in [-0.05, 0) is 18.4 Å². The molecule has 1 aliphatic rings. The number of likely N-dealkylation sites (tertiary alicyclic amines) is 1. The van der Waals surface area contributed by atoms with E-state index >= 15 is 0 Å². The zero-order valence-corrected chi connectivity index (χ0v) is 14.2. The fourth-order valence-corrected chi connectivity index (χ4v) is 3.39. The highest BCUT2D eigenvalue weighted by molar-refractivity contribution is 5.70. The summed E-state index contributed by atoms with van der Waals surface area (Å²) in [5.41, 5.74) is 1.65. The second kappa shape index (κ2) is 7.51. The van der Waals surface area contributed by atoms with Crippen LogP contribution < -0.4 is 0 Å². The second-order valence-electron chi connectivity index (χ2n) is 6.38. The first-order valence-electron chi connectivity index (χ1n) is 8.74. The van der Waals surface area contributed by atoms with E-state index in [0.29, 0.717) is 6.61 Å². The number of benzene rings is 1. The smallest absolute Gasteiger partial charge is 0.410 e. The quantitative estimate of drug-likeness (QED) is 0.774. The summed E-state index contributed by atoms with van der Waals surface area (Å²) in [6.45, 7) is 3.22. The number of rotatable bonds is 7. The number of amides is 1. The minimum Gasteiger partial charge on any atom is -0.445 e. The first kappa shape index (κ1) is 16.6. The van der Waals surface area contributed by atoms with Crippen LogP contribution in [0.5, 0.6) is 0 Å². The molecule has 1 saturated heterocycles. The molecule has 0 saturated carbocycles. The molecule has 1 atom stereocenters. The number of ether oxygens (including phenoxy) is 1. The predicted octanol–water partition coefficient (Wildman–Crippen LogP) is 4.23. The van der Waals surface area contributed by atoms with Crippen molar-refractivity contribution >= 4 is 6.09 Å². The molecule has 1 N–H and O–H groups in total. The van der Waals surface area contributed by atoms with Gasteiger partial charge in [0.15, 0.2) is 0 Å². The Hall–Kier alpha value is -2.30. The van der Waals surface area contributed by atoms with Crippen molar-refractivity contribution in [2.24, 2.45) is 0 Å². The Kier molecular flexibility index (Phi) is 5.18. The molecule has 0 spiro atoms. The van der Waals surface area contributed by atoms with Crippen LogP contribution in [-0.2, 0) is 16.9 Å². The van der Waals surface area contributed by atoms with E-state index in [2.05, 4.69) is 16.9 Å². The zero-order valence-electron chi connectivity index (χ0n) is 14.2.